The molecule has 0 saturated carbocycles. The molecule has 0 aliphatic carbocycles. The van der Waals surface area contributed by atoms with Crippen LogP contribution in [0, 0.1) is 5.41 Å². The number of hydrogen-bond donors (Lipinski definition) is 3. The molecule has 4 heterocycles. The van der Waals surface area contributed by atoms with Gasteiger partial charge in [0.25, 0.3) is 0 Å². The Morgan fingerprint density at radius 1 is 0.947 bits per heavy atom. The van der Waals surface area contributed by atoms with Crippen molar-refractivity contribution in [3.63, 3.8) is 0 Å². The van der Waals surface area contributed by atoms with E-state index >= 15 is 0 Å². The highest BCUT2D eigenvalue weighted by atomic mass is 79.9. The van der Waals surface area contributed by atoms with Gasteiger partial charge in [0.2, 0.25) is 20.0 Å². The molecule has 4 saturated heterocycles. The Bertz CT molecular complexity index is 493. The van der Waals surface area contributed by atoms with Crippen LogP contribution in [-0.4, -0.2) is 45.4 Å². The Morgan fingerprint density at radius 2 is 1.42 bits per heavy atom. The third kappa shape index (κ3) is 1.88. The fourth-order valence-electron chi connectivity index (χ4n) is 4.39. The average molecular weight is 325 g/mol. The van der Waals surface area contributed by atoms with Crippen molar-refractivity contribution in [3.8, 4) is 0 Å². The first-order valence-corrected chi connectivity index (χ1v) is 7.75. The minimum atomic E-state index is -0.109. The number of quaternary nitrogens is 3. The number of carbonyl (C=O) groups excluding carboxylic acids is 1. The van der Waals surface area contributed by atoms with Crippen molar-refractivity contribution in [2.24, 2.45) is 5.41 Å². The molecule has 4 nitrogen and oxygen atoms in total. The number of hydrogen-bond acceptors (Lipinski definition) is 1. The van der Waals surface area contributed by atoms with Crippen LogP contribution >= 0.6 is 15.9 Å². The zero-order valence-corrected chi connectivity index (χ0v) is 12.4. The van der Waals surface area contributed by atoms with Crippen molar-refractivity contribution in [2.45, 2.75) is 0 Å². The van der Waals surface area contributed by atoms with Gasteiger partial charge in [0, 0.05) is 10.0 Å². The summed E-state index contributed by atoms with van der Waals surface area (Å²) in [5.41, 5.74) is 0.773. The second-order valence-corrected chi connectivity index (χ2v) is 7.34. The molecular weight excluding hydrogens is 306 g/mol. The average Bonchev–Trinajstić information content (AvgIpc) is 2.37. The summed E-state index contributed by atoms with van der Waals surface area (Å²) in [4.78, 5) is 17.8. The molecular formula is C14H19BrN3O+3. The molecule has 3 N–H and O–H groups in total. The third-order valence-corrected chi connectivity index (χ3v) is 5.38. The van der Waals surface area contributed by atoms with E-state index in [2.05, 4.69) is 15.9 Å². The quantitative estimate of drug-likeness (QED) is 0.504. The molecule has 4 aliphatic heterocycles. The molecule has 1 aromatic carbocycles. The van der Waals surface area contributed by atoms with E-state index in [0.717, 1.165) is 29.7 Å². The van der Waals surface area contributed by atoms with Gasteiger partial charge in [-0.1, -0.05) is 28.1 Å². The fraction of sp³-hybridized carbons (Fsp3) is 0.500. The summed E-state index contributed by atoms with van der Waals surface area (Å²) in [7, 11) is 0. The molecule has 1 aromatic rings. The smallest absolute Gasteiger partial charge is 0.213 e. The summed E-state index contributed by atoms with van der Waals surface area (Å²) in [6, 6.07) is 7.87. The van der Waals surface area contributed by atoms with Gasteiger partial charge in [-0.2, -0.15) is 0 Å². The van der Waals surface area contributed by atoms with E-state index in [-0.39, 0.29) is 5.41 Å². The minimum absolute atomic E-state index is 0.109. The molecule has 4 aliphatic rings. The number of benzene rings is 1. The Kier molecular flexibility index (Phi) is 2.61. The van der Waals surface area contributed by atoms with Crippen molar-refractivity contribution in [1.82, 2.24) is 0 Å². The Labute approximate surface area is 121 Å². The predicted molar refractivity (Wildman–Crippen MR) is 73.0 cm³/mol. The molecule has 0 amide bonds. The van der Waals surface area contributed by atoms with Crippen LogP contribution < -0.4 is 14.7 Å². The zero-order valence-electron chi connectivity index (χ0n) is 10.8. The fourth-order valence-corrected chi connectivity index (χ4v) is 4.66. The van der Waals surface area contributed by atoms with E-state index in [1.54, 1.807) is 14.7 Å². The van der Waals surface area contributed by atoms with Gasteiger partial charge in [-0.25, -0.2) is 14.7 Å². The Morgan fingerprint density at radius 3 is 1.89 bits per heavy atom. The topological polar surface area (TPSA) is 30.4 Å². The summed E-state index contributed by atoms with van der Waals surface area (Å²) in [6.45, 7) is 6.73. The molecule has 4 fully saturated rings. The number of rotatable bonds is 2. The SMILES string of the molecule is O=C(c1ccc(Br)cc1)C12C[NH+]3C[NH+](C[NH+](C3)C1)C2. The lowest BCUT2D eigenvalue weighted by Crippen LogP contribution is -3.56. The van der Waals surface area contributed by atoms with Crippen LogP contribution in [0.3, 0.4) is 0 Å². The maximum atomic E-state index is 13.0. The Hall–Kier alpha value is -0.750. The first-order valence-electron chi connectivity index (χ1n) is 6.96. The Balaban J connectivity index is 1.68. The normalized spacial score (nSPS) is 39.5. The van der Waals surface area contributed by atoms with E-state index in [0.29, 0.717) is 5.78 Å². The van der Waals surface area contributed by atoms with Gasteiger partial charge in [0.1, 0.15) is 19.6 Å². The maximum absolute atomic E-state index is 13.0. The molecule has 0 aromatic heterocycles. The molecule has 100 valence electrons. The number of halogens is 1. The number of ketones is 1. The van der Waals surface area contributed by atoms with E-state index < -0.39 is 0 Å². The summed E-state index contributed by atoms with van der Waals surface area (Å²) in [5, 5.41) is 0. The number of carbonyl (C=O) groups is 1. The van der Waals surface area contributed by atoms with Gasteiger partial charge in [-0.15, -0.1) is 0 Å². The third-order valence-electron chi connectivity index (χ3n) is 4.85. The van der Waals surface area contributed by atoms with Crippen LogP contribution in [0.15, 0.2) is 28.7 Å². The summed E-state index contributed by atoms with van der Waals surface area (Å²) >= 11 is 3.43. The van der Waals surface area contributed by atoms with E-state index in [9.17, 15) is 4.79 Å². The van der Waals surface area contributed by atoms with Gasteiger partial charge in [-0.3, -0.25) is 4.79 Å². The van der Waals surface area contributed by atoms with Crippen LogP contribution in [0.2, 0.25) is 0 Å². The van der Waals surface area contributed by atoms with Crippen LogP contribution in [-0.2, 0) is 0 Å². The monoisotopic (exact) mass is 324 g/mol. The first-order chi connectivity index (χ1) is 9.14. The lowest BCUT2D eigenvalue weighted by molar-refractivity contribution is -1.30. The summed E-state index contributed by atoms with van der Waals surface area (Å²) < 4.78 is 1.03. The van der Waals surface area contributed by atoms with Crippen LogP contribution in [0.4, 0.5) is 0 Å². The zero-order chi connectivity index (χ0) is 13.0. The summed E-state index contributed by atoms with van der Waals surface area (Å²) in [5.74, 6) is 0.367. The molecule has 4 bridgehead atoms. The van der Waals surface area contributed by atoms with E-state index in [1.807, 2.05) is 24.3 Å². The second-order valence-electron chi connectivity index (χ2n) is 6.43. The maximum Gasteiger partial charge on any atom is 0.213 e. The predicted octanol–water partition coefficient (Wildman–Crippen LogP) is -2.81. The highest BCUT2D eigenvalue weighted by Gasteiger charge is 2.61. The van der Waals surface area contributed by atoms with Crippen LogP contribution in [0.5, 0.6) is 0 Å². The molecule has 0 spiro atoms. The van der Waals surface area contributed by atoms with Crippen molar-refractivity contribution in [1.29, 1.82) is 0 Å². The van der Waals surface area contributed by atoms with Crippen molar-refractivity contribution in [3.05, 3.63) is 34.3 Å². The van der Waals surface area contributed by atoms with E-state index in [1.165, 1.54) is 20.0 Å². The first kappa shape index (κ1) is 12.0. The highest BCUT2D eigenvalue weighted by molar-refractivity contribution is 9.10. The van der Waals surface area contributed by atoms with Gasteiger partial charge in [0.15, 0.2) is 11.2 Å². The van der Waals surface area contributed by atoms with Gasteiger partial charge < -0.3 is 0 Å². The number of nitrogens with one attached hydrogen (secondary N) is 3. The van der Waals surface area contributed by atoms with Gasteiger partial charge in [-0.05, 0) is 12.1 Å². The lowest BCUT2D eigenvalue weighted by atomic mass is 9.75. The van der Waals surface area contributed by atoms with Gasteiger partial charge >= 0.3 is 0 Å². The standard InChI is InChI=1S/C14H16BrN3O/c15-12-3-1-11(2-4-12)13(19)14-5-16-8-17(6-14)10-18(7-14)9-16/h1-4H,5-10H2/p+3. The van der Waals surface area contributed by atoms with Crippen LogP contribution in [0.1, 0.15) is 10.4 Å². The summed E-state index contributed by atoms with van der Waals surface area (Å²) in [6.07, 6.45) is 0. The van der Waals surface area contributed by atoms with Crippen molar-refractivity contribution < 1.29 is 19.5 Å². The largest absolute Gasteiger partial charge is 0.293 e. The van der Waals surface area contributed by atoms with Crippen LogP contribution in [0.25, 0.3) is 0 Å². The molecule has 5 rings (SSSR count). The molecule has 5 heteroatoms. The highest BCUT2D eigenvalue weighted by Crippen LogP contribution is 2.23. The van der Waals surface area contributed by atoms with E-state index in [4.69, 9.17) is 0 Å². The molecule has 0 atom stereocenters. The molecule has 0 unspecified atom stereocenters. The lowest BCUT2D eigenvalue weighted by Gasteiger charge is -2.51. The van der Waals surface area contributed by atoms with Gasteiger partial charge in [0.05, 0.1) is 0 Å². The second kappa shape index (κ2) is 4.12. The van der Waals surface area contributed by atoms with Crippen molar-refractivity contribution in [2.75, 3.05) is 39.6 Å². The number of Topliss-reactive ketones (excluding diaryl/α,β-unsaturated/α-hetero) is 1. The minimum Gasteiger partial charge on any atom is -0.293 e. The molecule has 19 heavy (non-hydrogen) atoms. The van der Waals surface area contributed by atoms with Crippen molar-refractivity contribution >= 4 is 21.7 Å². The molecule has 0 radical (unpaired) electrons.